The SMILES string of the molecule is CC1CCC(CNC2CCCC(C3CC3)C2)C1. The predicted molar refractivity (Wildman–Crippen MR) is 73.0 cm³/mol. The predicted octanol–water partition coefficient (Wildman–Crippen LogP) is 3.98. The summed E-state index contributed by atoms with van der Waals surface area (Å²) in [4.78, 5) is 0. The zero-order valence-corrected chi connectivity index (χ0v) is 11.5. The highest BCUT2D eigenvalue weighted by molar-refractivity contribution is 4.88. The largest absolute Gasteiger partial charge is 0.314 e. The van der Waals surface area contributed by atoms with E-state index in [0.29, 0.717) is 0 Å². The summed E-state index contributed by atoms with van der Waals surface area (Å²) < 4.78 is 0. The Labute approximate surface area is 107 Å². The average molecular weight is 235 g/mol. The van der Waals surface area contributed by atoms with Crippen molar-refractivity contribution in [1.82, 2.24) is 5.32 Å². The summed E-state index contributed by atoms with van der Waals surface area (Å²) in [6.45, 7) is 3.73. The molecule has 0 aliphatic heterocycles. The second kappa shape index (κ2) is 5.30. The minimum atomic E-state index is 0.866. The van der Waals surface area contributed by atoms with Crippen LogP contribution in [-0.2, 0) is 0 Å². The fourth-order valence-electron chi connectivity index (χ4n) is 4.25. The summed E-state index contributed by atoms with van der Waals surface area (Å²) in [5.41, 5.74) is 0. The molecule has 0 radical (unpaired) electrons. The van der Waals surface area contributed by atoms with Crippen LogP contribution >= 0.6 is 0 Å². The van der Waals surface area contributed by atoms with Gasteiger partial charge in [0.15, 0.2) is 0 Å². The van der Waals surface area contributed by atoms with E-state index in [0.717, 1.165) is 29.7 Å². The molecule has 0 heterocycles. The Hall–Kier alpha value is -0.0400. The monoisotopic (exact) mass is 235 g/mol. The van der Waals surface area contributed by atoms with Gasteiger partial charge in [0.2, 0.25) is 0 Å². The molecule has 17 heavy (non-hydrogen) atoms. The number of nitrogens with one attached hydrogen (secondary N) is 1. The van der Waals surface area contributed by atoms with Crippen molar-refractivity contribution in [3.63, 3.8) is 0 Å². The number of hydrogen-bond donors (Lipinski definition) is 1. The van der Waals surface area contributed by atoms with E-state index in [4.69, 9.17) is 0 Å². The van der Waals surface area contributed by atoms with Gasteiger partial charge in [0.25, 0.3) is 0 Å². The lowest BCUT2D eigenvalue weighted by atomic mass is 9.82. The third-order valence-electron chi connectivity index (χ3n) is 5.50. The van der Waals surface area contributed by atoms with Gasteiger partial charge in [-0.25, -0.2) is 0 Å². The fourth-order valence-corrected chi connectivity index (χ4v) is 4.25. The minimum Gasteiger partial charge on any atom is -0.314 e. The lowest BCUT2D eigenvalue weighted by molar-refractivity contribution is 0.253. The zero-order valence-electron chi connectivity index (χ0n) is 11.5. The maximum absolute atomic E-state index is 3.90. The van der Waals surface area contributed by atoms with Crippen LogP contribution in [-0.4, -0.2) is 12.6 Å². The molecule has 3 fully saturated rings. The van der Waals surface area contributed by atoms with Crippen LogP contribution < -0.4 is 5.32 Å². The van der Waals surface area contributed by atoms with E-state index in [9.17, 15) is 0 Å². The second-order valence-corrected chi connectivity index (χ2v) is 7.15. The van der Waals surface area contributed by atoms with Gasteiger partial charge in [0.05, 0.1) is 0 Å². The van der Waals surface area contributed by atoms with Gasteiger partial charge in [0.1, 0.15) is 0 Å². The summed E-state index contributed by atoms with van der Waals surface area (Å²) in [6, 6.07) is 0.866. The lowest BCUT2D eigenvalue weighted by Crippen LogP contribution is -2.37. The van der Waals surface area contributed by atoms with Crippen LogP contribution in [0.3, 0.4) is 0 Å². The zero-order chi connectivity index (χ0) is 11.7. The molecule has 0 bridgehead atoms. The van der Waals surface area contributed by atoms with Gasteiger partial charge in [-0.3, -0.25) is 0 Å². The van der Waals surface area contributed by atoms with Crippen molar-refractivity contribution >= 4 is 0 Å². The Kier molecular flexibility index (Phi) is 3.75. The summed E-state index contributed by atoms with van der Waals surface area (Å²) in [5, 5.41) is 3.90. The average Bonchev–Trinajstić information content (AvgIpc) is 3.11. The van der Waals surface area contributed by atoms with Crippen LogP contribution in [0.2, 0.25) is 0 Å². The van der Waals surface area contributed by atoms with Crippen molar-refractivity contribution in [2.75, 3.05) is 6.54 Å². The molecule has 3 rings (SSSR count). The van der Waals surface area contributed by atoms with E-state index in [1.165, 1.54) is 64.3 Å². The first-order valence-corrected chi connectivity index (χ1v) is 8.04. The van der Waals surface area contributed by atoms with Crippen molar-refractivity contribution in [3.05, 3.63) is 0 Å². The van der Waals surface area contributed by atoms with Gasteiger partial charge < -0.3 is 5.32 Å². The molecule has 4 atom stereocenters. The standard InChI is InChI=1S/C16H29N/c1-12-5-6-13(9-12)11-17-16-4-2-3-15(10-16)14-7-8-14/h12-17H,2-11H2,1H3. The topological polar surface area (TPSA) is 12.0 Å². The molecule has 0 aromatic heterocycles. The summed E-state index contributed by atoms with van der Waals surface area (Å²) >= 11 is 0. The van der Waals surface area contributed by atoms with Crippen molar-refractivity contribution in [2.24, 2.45) is 23.7 Å². The van der Waals surface area contributed by atoms with Crippen LogP contribution in [0.4, 0.5) is 0 Å². The van der Waals surface area contributed by atoms with Crippen LogP contribution in [0, 0.1) is 23.7 Å². The molecule has 1 nitrogen and oxygen atoms in total. The molecular formula is C16H29N. The quantitative estimate of drug-likeness (QED) is 0.777. The van der Waals surface area contributed by atoms with Gasteiger partial charge >= 0.3 is 0 Å². The highest BCUT2D eigenvalue weighted by atomic mass is 14.9. The Morgan fingerprint density at radius 1 is 0.882 bits per heavy atom. The third-order valence-corrected chi connectivity index (χ3v) is 5.50. The molecule has 1 heteroatoms. The highest BCUT2D eigenvalue weighted by Gasteiger charge is 2.34. The molecule has 3 aliphatic rings. The maximum Gasteiger partial charge on any atom is 0.00699 e. The van der Waals surface area contributed by atoms with Crippen LogP contribution in [0.25, 0.3) is 0 Å². The van der Waals surface area contributed by atoms with Gasteiger partial charge in [-0.2, -0.15) is 0 Å². The van der Waals surface area contributed by atoms with Gasteiger partial charge in [-0.05, 0) is 68.7 Å². The first kappa shape index (κ1) is 12.0. The number of hydrogen-bond acceptors (Lipinski definition) is 1. The van der Waals surface area contributed by atoms with E-state index in [1.54, 1.807) is 0 Å². The van der Waals surface area contributed by atoms with E-state index in [2.05, 4.69) is 12.2 Å². The molecule has 0 amide bonds. The molecule has 3 aliphatic carbocycles. The minimum absolute atomic E-state index is 0.866. The summed E-state index contributed by atoms with van der Waals surface area (Å²) in [7, 11) is 0. The first-order valence-electron chi connectivity index (χ1n) is 8.04. The second-order valence-electron chi connectivity index (χ2n) is 7.15. The smallest absolute Gasteiger partial charge is 0.00699 e. The summed E-state index contributed by atoms with van der Waals surface area (Å²) in [5.74, 6) is 4.20. The van der Waals surface area contributed by atoms with Crippen molar-refractivity contribution < 1.29 is 0 Å². The van der Waals surface area contributed by atoms with Crippen molar-refractivity contribution in [2.45, 2.75) is 70.8 Å². The number of rotatable bonds is 4. The normalized spacial score (nSPS) is 42.9. The van der Waals surface area contributed by atoms with E-state index in [1.807, 2.05) is 0 Å². The first-order chi connectivity index (χ1) is 8.31. The van der Waals surface area contributed by atoms with Gasteiger partial charge in [-0.15, -0.1) is 0 Å². The Balaban J connectivity index is 1.39. The third kappa shape index (κ3) is 3.24. The van der Waals surface area contributed by atoms with E-state index >= 15 is 0 Å². The van der Waals surface area contributed by atoms with Crippen LogP contribution in [0.1, 0.15) is 64.7 Å². The molecule has 0 saturated heterocycles. The molecule has 0 aromatic carbocycles. The lowest BCUT2D eigenvalue weighted by Gasteiger charge is -2.30. The van der Waals surface area contributed by atoms with Crippen molar-refractivity contribution in [3.8, 4) is 0 Å². The molecule has 0 aromatic rings. The van der Waals surface area contributed by atoms with Crippen LogP contribution in [0.15, 0.2) is 0 Å². The van der Waals surface area contributed by atoms with Gasteiger partial charge in [0, 0.05) is 6.04 Å². The molecular weight excluding hydrogens is 206 g/mol. The van der Waals surface area contributed by atoms with E-state index < -0.39 is 0 Å². The Morgan fingerprint density at radius 3 is 2.47 bits per heavy atom. The summed E-state index contributed by atoms with van der Waals surface area (Å²) in [6.07, 6.45) is 13.5. The molecule has 4 unspecified atom stereocenters. The van der Waals surface area contributed by atoms with E-state index in [-0.39, 0.29) is 0 Å². The Morgan fingerprint density at radius 2 is 1.76 bits per heavy atom. The Bertz CT molecular complexity index is 246. The molecule has 98 valence electrons. The molecule has 0 spiro atoms. The molecule has 3 saturated carbocycles. The maximum atomic E-state index is 3.90. The fraction of sp³-hybridized carbons (Fsp3) is 1.00. The van der Waals surface area contributed by atoms with Crippen LogP contribution in [0.5, 0.6) is 0 Å². The van der Waals surface area contributed by atoms with Crippen molar-refractivity contribution in [1.29, 1.82) is 0 Å². The molecule has 1 N–H and O–H groups in total. The van der Waals surface area contributed by atoms with Gasteiger partial charge in [-0.1, -0.05) is 26.2 Å². The highest BCUT2D eigenvalue weighted by Crippen LogP contribution is 2.44.